The number of ether oxygens (including phenoxy) is 1. The molecule has 0 bridgehead atoms. The van der Waals surface area contributed by atoms with Gasteiger partial charge < -0.3 is 15.6 Å². The Balaban J connectivity index is 1.97. The summed E-state index contributed by atoms with van der Waals surface area (Å²) >= 11 is 0. The fourth-order valence-corrected chi connectivity index (χ4v) is 3.90. The molecular formula is C27H34N4O3. The molecule has 2 unspecified atom stereocenters. The average molecular weight is 463 g/mol. The van der Waals surface area contributed by atoms with Crippen LogP contribution in [0.3, 0.4) is 0 Å². The molecule has 7 nitrogen and oxygen atoms in total. The van der Waals surface area contributed by atoms with E-state index in [1.807, 2.05) is 72.8 Å². The van der Waals surface area contributed by atoms with Crippen LogP contribution in [-0.4, -0.2) is 46.4 Å². The van der Waals surface area contributed by atoms with E-state index in [1.54, 1.807) is 34.0 Å². The van der Waals surface area contributed by atoms with E-state index in [0.717, 1.165) is 16.8 Å². The van der Waals surface area contributed by atoms with Crippen molar-refractivity contribution in [2.75, 3.05) is 13.6 Å². The first kappa shape index (κ1) is 25.4. The first-order valence-corrected chi connectivity index (χ1v) is 11.3. The van der Waals surface area contributed by atoms with Gasteiger partial charge in [0.15, 0.2) is 0 Å². The van der Waals surface area contributed by atoms with E-state index in [9.17, 15) is 9.90 Å². The Kier molecular flexibility index (Phi) is 8.04. The summed E-state index contributed by atoms with van der Waals surface area (Å²) in [6, 6.07) is 22.3. The summed E-state index contributed by atoms with van der Waals surface area (Å²) < 4.78 is 5.36. The quantitative estimate of drug-likeness (QED) is 0.439. The Labute approximate surface area is 201 Å². The van der Waals surface area contributed by atoms with Crippen molar-refractivity contribution in [3.05, 3.63) is 90.1 Å². The molecule has 0 aliphatic carbocycles. The third kappa shape index (κ3) is 6.63. The number of carbonyl (C=O) groups excluding carboxylic acids is 1. The van der Waals surface area contributed by atoms with Crippen molar-refractivity contribution in [2.24, 2.45) is 5.73 Å². The molecule has 0 aliphatic heterocycles. The second-order valence-electron chi connectivity index (χ2n) is 9.45. The van der Waals surface area contributed by atoms with Crippen molar-refractivity contribution in [3.63, 3.8) is 0 Å². The minimum atomic E-state index is -1.52. The minimum Gasteiger partial charge on any atom is -0.443 e. The molecule has 3 aromatic rings. The van der Waals surface area contributed by atoms with Crippen LogP contribution in [0.25, 0.3) is 11.3 Å². The molecule has 2 atom stereocenters. The molecule has 2 aromatic carbocycles. The zero-order valence-corrected chi connectivity index (χ0v) is 20.2. The zero-order valence-electron chi connectivity index (χ0n) is 20.2. The summed E-state index contributed by atoms with van der Waals surface area (Å²) in [6.45, 7) is 5.41. The number of likely N-dealkylation sites (N-methyl/N-ethyl adjacent to an activating group) is 1. The number of hydrogen-bond donors (Lipinski definition) is 3. The highest BCUT2D eigenvalue weighted by atomic mass is 16.6. The summed E-state index contributed by atoms with van der Waals surface area (Å²) in [4.78, 5) is 16.8. The topological polar surface area (TPSA) is 101 Å². The molecule has 0 saturated heterocycles. The molecular weight excluding hydrogens is 428 g/mol. The van der Waals surface area contributed by atoms with Gasteiger partial charge in [-0.15, -0.1) is 0 Å². The van der Waals surface area contributed by atoms with Crippen LogP contribution in [0.1, 0.15) is 31.9 Å². The van der Waals surface area contributed by atoms with Crippen LogP contribution in [0, 0.1) is 0 Å². The van der Waals surface area contributed by atoms with E-state index >= 15 is 0 Å². The Morgan fingerprint density at radius 1 is 1.06 bits per heavy atom. The van der Waals surface area contributed by atoms with Gasteiger partial charge in [0, 0.05) is 24.8 Å². The van der Waals surface area contributed by atoms with E-state index in [0.29, 0.717) is 12.0 Å². The normalized spacial score (nSPS) is 14.3. The summed E-state index contributed by atoms with van der Waals surface area (Å²) in [5, 5.41) is 13.7. The highest BCUT2D eigenvalue weighted by molar-refractivity contribution is 5.67. The van der Waals surface area contributed by atoms with Crippen molar-refractivity contribution in [1.82, 2.24) is 15.4 Å². The molecule has 0 radical (unpaired) electrons. The van der Waals surface area contributed by atoms with Gasteiger partial charge in [0.2, 0.25) is 0 Å². The molecule has 3 rings (SSSR count). The number of hydrogen-bond acceptors (Lipinski definition) is 6. The molecule has 7 heteroatoms. The second-order valence-corrected chi connectivity index (χ2v) is 9.45. The lowest BCUT2D eigenvalue weighted by Crippen LogP contribution is -2.56. The predicted octanol–water partition coefficient (Wildman–Crippen LogP) is 3.88. The van der Waals surface area contributed by atoms with Gasteiger partial charge in [0.05, 0.1) is 12.2 Å². The molecule has 0 fully saturated rings. The number of amides is 1. The van der Waals surface area contributed by atoms with Gasteiger partial charge in [-0.1, -0.05) is 60.7 Å². The van der Waals surface area contributed by atoms with Crippen LogP contribution in [0.2, 0.25) is 0 Å². The zero-order chi connectivity index (χ0) is 24.8. The third-order valence-corrected chi connectivity index (χ3v) is 5.41. The van der Waals surface area contributed by atoms with Crippen LogP contribution in [0.4, 0.5) is 4.79 Å². The highest BCUT2D eigenvalue weighted by Gasteiger charge is 2.40. The highest BCUT2D eigenvalue weighted by Crippen LogP contribution is 2.34. The van der Waals surface area contributed by atoms with Crippen molar-refractivity contribution in [1.29, 1.82) is 0 Å². The van der Waals surface area contributed by atoms with Crippen molar-refractivity contribution < 1.29 is 14.6 Å². The van der Waals surface area contributed by atoms with Crippen LogP contribution in [0.15, 0.2) is 79.0 Å². The molecule has 34 heavy (non-hydrogen) atoms. The molecule has 0 aliphatic rings. The minimum absolute atomic E-state index is 0.0318. The van der Waals surface area contributed by atoms with E-state index in [-0.39, 0.29) is 6.54 Å². The number of nitrogens with zero attached hydrogens (tertiary/aromatic N) is 2. The van der Waals surface area contributed by atoms with Crippen molar-refractivity contribution >= 4 is 6.09 Å². The standard InChI is InChI=1S/C27H34N4O3/c1-26(2,3)34-25(32)30-31(4)19-27(33,24(28)18-20-12-6-5-7-13-20)22-15-9-8-14-21(22)23-16-10-11-17-29-23/h5-17,24,33H,18-19,28H2,1-4H3,(H,30,32). The monoisotopic (exact) mass is 462 g/mol. The lowest BCUT2D eigenvalue weighted by atomic mass is 9.80. The Hall–Kier alpha value is -3.26. The van der Waals surface area contributed by atoms with Crippen molar-refractivity contribution in [3.8, 4) is 11.3 Å². The van der Waals surface area contributed by atoms with Crippen LogP contribution in [-0.2, 0) is 16.8 Å². The van der Waals surface area contributed by atoms with Gasteiger partial charge in [0.1, 0.15) is 11.2 Å². The number of pyridine rings is 1. The smallest absolute Gasteiger partial charge is 0.422 e. The molecule has 4 N–H and O–H groups in total. The Bertz CT molecular complexity index is 1070. The number of aromatic nitrogens is 1. The van der Waals surface area contributed by atoms with E-state index < -0.39 is 23.3 Å². The van der Waals surface area contributed by atoms with Gasteiger partial charge in [-0.25, -0.2) is 9.80 Å². The molecule has 1 aromatic heterocycles. The van der Waals surface area contributed by atoms with E-state index in [4.69, 9.17) is 10.5 Å². The number of aliphatic hydroxyl groups is 1. The van der Waals surface area contributed by atoms with Crippen LogP contribution in [0.5, 0.6) is 0 Å². The molecule has 0 spiro atoms. The third-order valence-electron chi connectivity index (χ3n) is 5.41. The maximum Gasteiger partial charge on any atom is 0.422 e. The number of carbonyl (C=O) groups is 1. The molecule has 1 heterocycles. The average Bonchev–Trinajstić information content (AvgIpc) is 2.78. The summed E-state index contributed by atoms with van der Waals surface area (Å²) in [5.74, 6) is 0. The number of benzene rings is 2. The SMILES string of the molecule is CN(CC(O)(c1ccccc1-c1ccccn1)C(N)Cc1ccccc1)NC(=O)OC(C)(C)C. The Morgan fingerprint density at radius 2 is 1.71 bits per heavy atom. The Morgan fingerprint density at radius 3 is 2.35 bits per heavy atom. The van der Waals surface area contributed by atoms with E-state index in [2.05, 4.69) is 10.4 Å². The molecule has 180 valence electrons. The summed E-state index contributed by atoms with van der Waals surface area (Å²) in [7, 11) is 1.67. The maximum absolute atomic E-state index is 12.3. The lowest BCUT2D eigenvalue weighted by molar-refractivity contribution is -0.0325. The number of nitrogens with one attached hydrogen (secondary N) is 1. The summed E-state index contributed by atoms with van der Waals surface area (Å²) in [6.07, 6.45) is 1.55. The van der Waals surface area contributed by atoms with Crippen LogP contribution < -0.4 is 11.2 Å². The lowest BCUT2D eigenvalue weighted by Gasteiger charge is -2.39. The largest absolute Gasteiger partial charge is 0.443 e. The first-order valence-electron chi connectivity index (χ1n) is 11.3. The van der Waals surface area contributed by atoms with E-state index in [1.165, 1.54) is 5.01 Å². The second kappa shape index (κ2) is 10.8. The van der Waals surface area contributed by atoms with Crippen LogP contribution >= 0.6 is 0 Å². The van der Waals surface area contributed by atoms with Gasteiger partial charge in [0.25, 0.3) is 0 Å². The summed E-state index contributed by atoms with van der Waals surface area (Å²) in [5.41, 5.74) is 10.4. The van der Waals surface area contributed by atoms with Gasteiger partial charge in [-0.2, -0.15) is 0 Å². The number of nitrogens with two attached hydrogens (primary N) is 1. The fraction of sp³-hybridized carbons (Fsp3) is 0.333. The fourth-order valence-electron chi connectivity index (χ4n) is 3.90. The first-order chi connectivity index (χ1) is 16.1. The number of hydrazine groups is 1. The van der Waals surface area contributed by atoms with Gasteiger partial charge >= 0.3 is 6.09 Å². The molecule has 0 saturated carbocycles. The molecule has 1 amide bonds. The predicted molar refractivity (Wildman–Crippen MR) is 134 cm³/mol. The number of rotatable bonds is 8. The van der Waals surface area contributed by atoms with Gasteiger partial charge in [-0.3, -0.25) is 10.4 Å². The van der Waals surface area contributed by atoms with Gasteiger partial charge in [-0.05, 0) is 50.5 Å². The maximum atomic E-state index is 12.3. The van der Waals surface area contributed by atoms with Crippen molar-refractivity contribution in [2.45, 2.75) is 44.4 Å².